The number of hydrogen-bond acceptors (Lipinski definition) is 2. The van der Waals surface area contributed by atoms with Gasteiger partial charge in [0.2, 0.25) is 0 Å². The number of aliphatic hydroxyl groups is 1. The smallest absolute Gasteiger partial charge is 0.129 e. The van der Waals surface area contributed by atoms with E-state index in [4.69, 9.17) is 0 Å². The Morgan fingerprint density at radius 3 is 2.59 bits per heavy atom. The van der Waals surface area contributed by atoms with E-state index in [-0.39, 0.29) is 5.56 Å². The van der Waals surface area contributed by atoms with Crippen molar-refractivity contribution in [2.75, 3.05) is 0 Å². The molecular formula is C12H9Br2FOS. The normalized spacial score (nSPS) is 12.8. The summed E-state index contributed by atoms with van der Waals surface area (Å²) in [5.41, 5.74) is 0.285. The highest BCUT2D eigenvalue weighted by atomic mass is 79.9. The molecule has 90 valence electrons. The highest BCUT2D eigenvalue weighted by molar-refractivity contribution is 9.10. The van der Waals surface area contributed by atoms with Crippen LogP contribution in [0.2, 0.25) is 0 Å². The second-order valence-corrected chi connectivity index (χ2v) is 6.68. The molecule has 0 saturated heterocycles. The average molecular weight is 380 g/mol. The van der Waals surface area contributed by atoms with E-state index in [2.05, 4.69) is 31.9 Å². The largest absolute Gasteiger partial charge is 0.383 e. The Bertz CT molecular complexity index is 534. The van der Waals surface area contributed by atoms with Crippen LogP contribution in [-0.4, -0.2) is 5.11 Å². The maximum atomic E-state index is 13.6. The van der Waals surface area contributed by atoms with E-state index in [1.807, 2.05) is 13.0 Å². The number of aryl methyl sites for hydroxylation is 1. The first-order valence-electron chi connectivity index (χ1n) is 4.88. The van der Waals surface area contributed by atoms with E-state index in [1.54, 1.807) is 12.1 Å². The lowest BCUT2D eigenvalue weighted by atomic mass is 10.1. The van der Waals surface area contributed by atoms with E-state index in [0.29, 0.717) is 0 Å². The lowest BCUT2D eigenvalue weighted by Crippen LogP contribution is -2.00. The van der Waals surface area contributed by atoms with Crippen LogP contribution < -0.4 is 0 Å². The van der Waals surface area contributed by atoms with Crippen LogP contribution in [0.4, 0.5) is 4.39 Å². The lowest BCUT2D eigenvalue weighted by molar-refractivity contribution is 0.218. The second kappa shape index (κ2) is 5.18. The molecule has 0 aliphatic heterocycles. The van der Waals surface area contributed by atoms with Gasteiger partial charge in [-0.1, -0.05) is 15.9 Å². The van der Waals surface area contributed by atoms with Gasteiger partial charge >= 0.3 is 0 Å². The predicted molar refractivity (Wildman–Crippen MR) is 74.9 cm³/mol. The molecule has 1 aromatic carbocycles. The molecule has 1 aromatic heterocycles. The molecule has 0 saturated carbocycles. The third-order valence-corrected chi connectivity index (χ3v) is 5.08. The molecule has 0 spiro atoms. The van der Waals surface area contributed by atoms with Gasteiger partial charge < -0.3 is 5.11 Å². The van der Waals surface area contributed by atoms with Gasteiger partial charge in [-0.25, -0.2) is 4.39 Å². The van der Waals surface area contributed by atoms with Gasteiger partial charge in [0, 0.05) is 24.3 Å². The van der Waals surface area contributed by atoms with Crippen molar-refractivity contribution in [3.05, 3.63) is 54.3 Å². The Morgan fingerprint density at radius 1 is 1.29 bits per heavy atom. The fraction of sp³-hybridized carbons (Fsp3) is 0.167. The minimum Gasteiger partial charge on any atom is -0.383 e. The number of rotatable bonds is 2. The lowest BCUT2D eigenvalue weighted by Gasteiger charge is -2.10. The second-order valence-electron chi connectivity index (χ2n) is 3.62. The zero-order valence-corrected chi connectivity index (χ0v) is 12.9. The first kappa shape index (κ1) is 13.2. The fourth-order valence-corrected chi connectivity index (χ4v) is 3.44. The highest BCUT2D eigenvalue weighted by Crippen LogP contribution is 2.35. The standard InChI is InChI=1S/C12H9Br2FOS/c1-6-9(14)5-11(17-6)12(16)8-4-7(13)2-3-10(8)15/h2-5,12,16H,1H3. The number of halogens is 3. The van der Waals surface area contributed by atoms with Gasteiger partial charge in [-0.2, -0.15) is 0 Å². The monoisotopic (exact) mass is 378 g/mol. The maximum Gasteiger partial charge on any atom is 0.129 e. The third kappa shape index (κ3) is 2.78. The predicted octanol–water partition coefficient (Wildman–Crippen LogP) is 4.80. The van der Waals surface area contributed by atoms with Crippen LogP contribution >= 0.6 is 43.2 Å². The summed E-state index contributed by atoms with van der Waals surface area (Å²) in [4.78, 5) is 1.79. The first-order valence-corrected chi connectivity index (χ1v) is 7.28. The summed E-state index contributed by atoms with van der Waals surface area (Å²) >= 11 is 8.11. The summed E-state index contributed by atoms with van der Waals surface area (Å²) in [5, 5.41) is 10.2. The molecule has 17 heavy (non-hydrogen) atoms. The molecule has 5 heteroatoms. The van der Waals surface area contributed by atoms with Crippen LogP contribution in [0, 0.1) is 12.7 Å². The van der Waals surface area contributed by atoms with Gasteiger partial charge in [-0.05, 0) is 47.1 Å². The highest BCUT2D eigenvalue weighted by Gasteiger charge is 2.18. The molecule has 0 amide bonds. The Hall–Kier alpha value is -0.230. The zero-order chi connectivity index (χ0) is 12.6. The molecule has 2 rings (SSSR count). The van der Waals surface area contributed by atoms with Crippen molar-refractivity contribution in [1.29, 1.82) is 0 Å². The van der Waals surface area contributed by atoms with Gasteiger partial charge in [0.15, 0.2) is 0 Å². The fourth-order valence-electron chi connectivity index (χ4n) is 1.49. The van der Waals surface area contributed by atoms with Crippen molar-refractivity contribution in [2.24, 2.45) is 0 Å². The van der Waals surface area contributed by atoms with Crippen molar-refractivity contribution >= 4 is 43.2 Å². The molecule has 0 aliphatic carbocycles. The molecule has 0 aliphatic rings. The minimum absolute atomic E-state index is 0.285. The topological polar surface area (TPSA) is 20.2 Å². The third-order valence-electron chi connectivity index (χ3n) is 2.40. The van der Waals surface area contributed by atoms with Crippen molar-refractivity contribution in [1.82, 2.24) is 0 Å². The van der Waals surface area contributed by atoms with Gasteiger partial charge in [0.05, 0.1) is 0 Å². The quantitative estimate of drug-likeness (QED) is 0.794. The summed E-state index contributed by atoms with van der Waals surface area (Å²) in [7, 11) is 0. The minimum atomic E-state index is -0.928. The molecule has 1 N–H and O–H groups in total. The van der Waals surface area contributed by atoms with Gasteiger partial charge in [0.1, 0.15) is 11.9 Å². The summed E-state index contributed by atoms with van der Waals surface area (Å²) in [5.74, 6) is -0.400. The van der Waals surface area contributed by atoms with Gasteiger partial charge in [-0.3, -0.25) is 0 Å². The van der Waals surface area contributed by atoms with Gasteiger partial charge in [-0.15, -0.1) is 11.3 Å². The summed E-state index contributed by atoms with van der Waals surface area (Å²) in [6.45, 7) is 1.95. The molecule has 1 nitrogen and oxygen atoms in total. The van der Waals surface area contributed by atoms with Crippen LogP contribution in [0.5, 0.6) is 0 Å². The zero-order valence-electron chi connectivity index (χ0n) is 8.88. The van der Waals surface area contributed by atoms with Crippen molar-refractivity contribution in [2.45, 2.75) is 13.0 Å². The Balaban J connectivity index is 2.42. The van der Waals surface area contributed by atoms with Crippen LogP contribution in [0.15, 0.2) is 33.2 Å². The summed E-state index contributed by atoms with van der Waals surface area (Å²) in [6.07, 6.45) is -0.928. The molecule has 1 atom stereocenters. The Morgan fingerprint density at radius 2 is 2.00 bits per heavy atom. The average Bonchev–Trinajstić information content (AvgIpc) is 2.62. The van der Waals surface area contributed by atoms with Gasteiger partial charge in [0.25, 0.3) is 0 Å². The SMILES string of the molecule is Cc1sc(C(O)c2cc(Br)ccc2F)cc1Br. The first-order chi connectivity index (χ1) is 7.99. The number of aliphatic hydroxyl groups excluding tert-OH is 1. The number of benzene rings is 1. The van der Waals surface area contributed by atoms with E-state index in [0.717, 1.165) is 18.7 Å². The summed E-state index contributed by atoms with van der Waals surface area (Å²) < 4.78 is 15.3. The molecule has 0 fully saturated rings. The molecular weight excluding hydrogens is 371 g/mol. The molecule has 1 unspecified atom stereocenters. The Kier molecular flexibility index (Phi) is 4.02. The number of hydrogen-bond donors (Lipinski definition) is 1. The molecule has 1 heterocycles. The molecule has 2 aromatic rings. The van der Waals surface area contributed by atoms with Crippen molar-refractivity contribution in [3.8, 4) is 0 Å². The van der Waals surface area contributed by atoms with Crippen LogP contribution in [0.1, 0.15) is 21.4 Å². The van der Waals surface area contributed by atoms with Crippen LogP contribution in [0.3, 0.4) is 0 Å². The molecule has 0 bridgehead atoms. The van der Waals surface area contributed by atoms with Crippen molar-refractivity contribution < 1.29 is 9.50 Å². The van der Waals surface area contributed by atoms with E-state index < -0.39 is 11.9 Å². The molecule has 0 radical (unpaired) electrons. The van der Waals surface area contributed by atoms with Crippen LogP contribution in [-0.2, 0) is 0 Å². The van der Waals surface area contributed by atoms with Crippen LogP contribution in [0.25, 0.3) is 0 Å². The van der Waals surface area contributed by atoms with E-state index in [1.165, 1.54) is 17.4 Å². The summed E-state index contributed by atoms with van der Waals surface area (Å²) in [6, 6.07) is 6.38. The number of thiophene rings is 1. The van der Waals surface area contributed by atoms with E-state index >= 15 is 0 Å². The Labute approximate surface area is 120 Å². The van der Waals surface area contributed by atoms with E-state index in [9.17, 15) is 9.50 Å². The maximum absolute atomic E-state index is 13.6. The van der Waals surface area contributed by atoms with Crippen molar-refractivity contribution in [3.63, 3.8) is 0 Å².